The fourth-order valence-corrected chi connectivity index (χ4v) is 3.14. The summed E-state index contributed by atoms with van der Waals surface area (Å²) in [6.07, 6.45) is 0.612. The minimum absolute atomic E-state index is 0.0721. The lowest BCUT2D eigenvalue weighted by molar-refractivity contribution is 0.0970. The molecular formula is C18H13BrClNO4. The maximum atomic E-state index is 12.6. The first-order valence-corrected chi connectivity index (χ1v) is 8.59. The van der Waals surface area contributed by atoms with Crippen LogP contribution in [0.15, 0.2) is 51.6 Å². The van der Waals surface area contributed by atoms with E-state index in [0.717, 1.165) is 22.2 Å². The van der Waals surface area contributed by atoms with Gasteiger partial charge in [0.15, 0.2) is 0 Å². The highest BCUT2D eigenvalue weighted by Gasteiger charge is 2.35. The summed E-state index contributed by atoms with van der Waals surface area (Å²) in [6.45, 7) is 0.376. The van der Waals surface area contributed by atoms with E-state index in [4.69, 9.17) is 11.6 Å². The molecule has 7 heteroatoms. The van der Waals surface area contributed by atoms with E-state index in [1.54, 1.807) is 0 Å². The lowest BCUT2D eigenvalue weighted by Crippen LogP contribution is -2.30. The molecule has 0 unspecified atom stereocenters. The van der Waals surface area contributed by atoms with Crippen LogP contribution in [-0.2, 0) is 6.42 Å². The summed E-state index contributed by atoms with van der Waals surface area (Å²) in [5, 5.41) is 22.3. The summed E-state index contributed by atoms with van der Waals surface area (Å²) in [7, 11) is 0. The van der Waals surface area contributed by atoms with Crippen molar-refractivity contribution in [3.05, 3.63) is 68.3 Å². The summed E-state index contributed by atoms with van der Waals surface area (Å²) >= 11 is 9.39. The maximum Gasteiger partial charge on any atom is 0.215 e. The van der Waals surface area contributed by atoms with E-state index < -0.39 is 17.3 Å². The average Bonchev–Trinajstić information content (AvgIpc) is 2.59. The number of phenolic OH excluding ortho intramolecular Hbond substituents is 2. The summed E-state index contributed by atoms with van der Waals surface area (Å²) in [5.41, 5.74) is 0.467. The summed E-state index contributed by atoms with van der Waals surface area (Å²) in [5.74, 6) is -2.08. The average molecular weight is 423 g/mol. The predicted molar refractivity (Wildman–Crippen MR) is 97.2 cm³/mol. The Morgan fingerprint density at radius 3 is 2.08 bits per heavy atom. The monoisotopic (exact) mass is 421 g/mol. The molecule has 2 aromatic carbocycles. The molecule has 1 aliphatic carbocycles. The Labute approximate surface area is 157 Å². The van der Waals surface area contributed by atoms with Gasteiger partial charge < -0.3 is 15.5 Å². The van der Waals surface area contributed by atoms with Crippen molar-refractivity contribution in [1.82, 2.24) is 5.32 Å². The van der Waals surface area contributed by atoms with Crippen LogP contribution in [-0.4, -0.2) is 28.3 Å². The Morgan fingerprint density at radius 1 is 0.920 bits per heavy atom. The van der Waals surface area contributed by atoms with Crippen molar-refractivity contribution in [1.29, 1.82) is 0 Å². The number of fused-ring (bicyclic) bond motifs is 1. The zero-order chi connectivity index (χ0) is 18.1. The number of Topliss-reactive ketones (excluding diaryl/α,β-unsaturated/α-hetero) is 2. The van der Waals surface area contributed by atoms with Gasteiger partial charge in [0.1, 0.15) is 22.2 Å². The number of carbonyl (C=O) groups excluding carboxylic acids is 2. The molecule has 2 aromatic rings. The Bertz CT molecular complexity index is 906. The SMILES string of the molecule is O=C1C(Cl)=C(NCCc2ccc(Br)cc2)C(=O)c2c(O)ccc(O)c21. The van der Waals surface area contributed by atoms with Crippen molar-refractivity contribution in [3.63, 3.8) is 0 Å². The zero-order valence-electron chi connectivity index (χ0n) is 12.8. The highest BCUT2D eigenvalue weighted by molar-refractivity contribution is 9.10. The largest absolute Gasteiger partial charge is 0.507 e. The van der Waals surface area contributed by atoms with Gasteiger partial charge in [0.2, 0.25) is 11.6 Å². The van der Waals surface area contributed by atoms with Gasteiger partial charge in [-0.15, -0.1) is 0 Å². The van der Waals surface area contributed by atoms with Crippen LogP contribution in [0.5, 0.6) is 11.5 Å². The van der Waals surface area contributed by atoms with E-state index >= 15 is 0 Å². The number of aromatic hydroxyl groups is 2. The van der Waals surface area contributed by atoms with Gasteiger partial charge in [0, 0.05) is 11.0 Å². The number of ketones is 2. The number of benzene rings is 2. The number of hydrogen-bond donors (Lipinski definition) is 3. The number of allylic oxidation sites excluding steroid dienone is 2. The van der Waals surface area contributed by atoms with Gasteiger partial charge in [0.25, 0.3) is 0 Å². The van der Waals surface area contributed by atoms with Gasteiger partial charge in [-0.25, -0.2) is 0 Å². The first-order valence-electron chi connectivity index (χ1n) is 7.42. The minimum Gasteiger partial charge on any atom is -0.507 e. The molecule has 0 atom stereocenters. The van der Waals surface area contributed by atoms with Crippen LogP contribution in [0.2, 0.25) is 0 Å². The van der Waals surface area contributed by atoms with Crippen molar-refractivity contribution in [3.8, 4) is 11.5 Å². The molecule has 0 radical (unpaired) electrons. The molecule has 0 spiro atoms. The molecule has 3 rings (SSSR count). The van der Waals surface area contributed by atoms with Gasteiger partial charge in [-0.3, -0.25) is 9.59 Å². The number of carbonyl (C=O) groups is 2. The Hall–Kier alpha value is -2.31. The lowest BCUT2D eigenvalue weighted by atomic mass is 9.90. The Morgan fingerprint density at radius 2 is 1.48 bits per heavy atom. The topological polar surface area (TPSA) is 86.6 Å². The van der Waals surface area contributed by atoms with Crippen LogP contribution >= 0.6 is 27.5 Å². The molecule has 0 amide bonds. The summed E-state index contributed by atoms with van der Waals surface area (Å²) < 4.78 is 0.968. The standard InChI is InChI=1S/C18H13BrClNO4/c19-10-3-1-9(2-4-10)7-8-21-16-15(20)17(24)13-11(22)5-6-12(23)14(13)18(16)25/h1-6,21-23H,7-8H2. The number of hydrogen-bond acceptors (Lipinski definition) is 5. The van der Waals surface area contributed by atoms with E-state index in [1.807, 2.05) is 24.3 Å². The van der Waals surface area contributed by atoms with Crippen LogP contribution in [0.1, 0.15) is 26.3 Å². The fraction of sp³-hybridized carbons (Fsp3) is 0.111. The maximum absolute atomic E-state index is 12.6. The smallest absolute Gasteiger partial charge is 0.215 e. The van der Waals surface area contributed by atoms with Crippen LogP contribution in [0.25, 0.3) is 0 Å². The van der Waals surface area contributed by atoms with Gasteiger partial charge in [-0.2, -0.15) is 0 Å². The number of halogens is 2. The molecule has 0 aromatic heterocycles. The van der Waals surface area contributed by atoms with E-state index in [1.165, 1.54) is 0 Å². The predicted octanol–water partition coefficient (Wildman–Crippen LogP) is 3.52. The highest BCUT2D eigenvalue weighted by atomic mass is 79.9. The molecule has 0 aliphatic heterocycles. The van der Waals surface area contributed by atoms with Crippen LogP contribution in [0.4, 0.5) is 0 Å². The molecular weight excluding hydrogens is 410 g/mol. The second-order valence-corrected chi connectivity index (χ2v) is 6.80. The first-order chi connectivity index (χ1) is 11.9. The molecule has 0 bridgehead atoms. The summed E-state index contributed by atoms with van der Waals surface area (Å²) in [6, 6.07) is 10.0. The summed E-state index contributed by atoms with van der Waals surface area (Å²) in [4.78, 5) is 25.0. The van der Waals surface area contributed by atoms with E-state index in [-0.39, 0.29) is 27.6 Å². The van der Waals surface area contributed by atoms with Gasteiger partial charge in [-0.1, -0.05) is 39.7 Å². The van der Waals surface area contributed by atoms with Crippen molar-refractivity contribution >= 4 is 39.1 Å². The van der Waals surface area contributed by atoms with Crippen molar-refractivity contribution in [2.75, 3.05) is 6.54 Å². The van der Waals surface area contributed by atoms with Gasteiger partial charge >= 0.3 is 0 Å². The van der Waals surface area contributed by atoms with E-state index in [0.29, 0.717) is 13.0 Å². The Kier molecular flexibility index (Phi) is 4.83. The quantitative estimate of drug-likeness (QED) is 0.656. The molecule has 1 aliphatic rings. The molecule has 25 heavy (non-hydrogen) atoms. The van der Waals surface area contributed by atoms with E-state index in [2.05, 4.69) is 21.2 Å². The minimum atomic E-state index is -0.698. The van der Waals surface area contributed by atoms with Crippen LogP contribution < -0.4 is 5.32 Å². The van der Waals surface area contributed by atoms with Crippen molar-refractivity contribution in [2.45, 2.75) is 6.42 Å². The molecule has 0 saturated carbocycles. The third kappa shape index (κ3) is 3.27. The second-order valence-electron chi connectivity index (χ2n) is 5.50. The third-order valence-corrected chi connectivity index (χ3v) is 4.78. The fourth-order valence-electron chi connectivity index (χ4n) is 2.63. The zero-order valence-corrected chi connectivity index (χ0v) is 15.2. The van der Waals surface area contributed by atoms with Crippen LogP contribution in [0, 0.1) is 0 Å². The van der Waals surface area contributed by atoms with E-state index in [9.17, 15) is 19.8 Å². The number of phenols is 2. The number of rotatable bonds is 4. The molecule has 5 nitrogen and oxygen atoms in total. The first kappa shape index (κ1) is 17.5. The van der Waals surface area contributed by atoms with Crippen molar-refractivity contribution < 1.29 is 19.8 Å². The normalized spacial score (nSPS) is 13.8. The molecule has 3 N–H and O–H groups in total. The molecule has 0 saturated heterocycles. The van der Waals surface area contributed by atoms with Crippen LogP contribution in [0.3, 0.4) is 0 Å². The molecule has 0 heterocycles. The molecule has 128 valence electrons. The van der Waals surface area contributed by atoms with Gasteiger partial charge in [0.05, 0.1) is 11.1 Å². The molecule has 0 fully saturated rings. The third-order valence-electron chi connectivity index (χ3n) is 3.89. The highest BCUT2D eigenvalue weighted by Crippen LogP contribution is 2.37. The number of nitrogens with one attached hydrogen (secondary N) is 1. The van der Waals surface area contributed by atoms with Crippen molar-refractivity contribution in [2.24, 2.45) is 0 Å². The van der Waals surface area contributed by atoms with Gasteiger partial charge in [-0.05, 0) is 36.2 Å². The second kappa shape index (κ2) is 6.90. The lowest BCUT2D eigenvalue weighted by Gasteiger charge is -2.20. The Balaban J connectivity index is 1.83.